The number of aromatic amines is 1. The Morgan fingerprint density at radius 2 is 1.96 bits per heavy atom. The second-order valence-electron chi connectivity index (χ2n) is 7.00. The molecule has 1 fully saturated rings. The Labute approximate surface area is 148 Å². The van der Waals surface area contributed by atoms with Crippen LogP contribution in [0.15, 0.2) is 24.3 Å². The number of nitrogens with zero attached hydrogens (tertiary/aromatic N) is 5. The Morgan fingerprint density at radius 3 is 2.72 bits per heavy atom. The topological polar surface area (TPSA) is 62.6 Å². The van der Waals surface area contributed by atoms with Crippen LogP contribution in [0.5, 0.6) is 0 Å². The highest BCUT2D eigenvalue weighted by Crippen LogP contribution is 2.28. The molecule has 0 saturated carbocycles. The third-order valence-electron chi connectivity index (χ3n) is 5.21. The summed E-state index contributed by atoms with van der Waals surface area (Å²) in [4.78, 5) is 10.8. The number of hydrogen-bond donors (Lipinski definition) is 1. The van der Waals surface area contributed by atoms with E-state index < -0.39 is 0 Å². The fourth-order valence-electron chi connectivity index (χ4n) is 3.79. The van der Waals surface area contributed by atoms with Gasteiger partial charge in [0.25, 0.3) is 0 Å². The molecule has 0 aliphatic carbocycles. The SMILES string of the molecule is CCCn1c(C)nnc1CN1CCC(c2nc3ccccc3[nH]2)CC1. The predicted octanol–water partition coefficient (Wildman–Crippen LogP) is 3.25. The van der Waals surface area contributed by atoms with Gasteiger partial charge in [0, 0.05) is 12.5 Å². The molecule has 0 spiro atoms. The van der Waals surface area contributed by atoms with Gasteiger partial charge >= 0.3 is 0 Å². The van der Waals surface area contributed by atoms with E-state index in [1.807, 2.05) is 13.0 Å². The maximum Gasteiger partial charge on any atom is 0.147 e. The number of imidazole rings is 1. The highest BCUT2D eigenvalue weighted by Gasteiger charge is 2.24. The number of H-pyrrole nitrogens is 1. The van der Waals surface area contributed by atoms with Crippen molar-refractivity contribution in [2.45, 2.75) is 52.1 Å². The minimum absolute atomic E-state index is 0.527. The molecule has 3 heterocycles. The molecule has 6 heteroatoms. The van der Waals surface area contributed by atoms with Crippen LogP contribution in [0.25, 0.3) is 11.0 Å². The minimum atomic E-state index is 0.527. The first-order chi connectivity index (χ1) is 12.2. The molecule has 1 N–H and O–H groups in total. The lowest BCUT2D eigenvalue weighted by Gasteiger charge is -2.30. The van der Waals surface area contributed by atoms with Crippen molar-refractivity contribution in [1.82, 2.24) is 29.6 Å². The van der Waals surface area contributed by atoms with Crippen LogP contribution in [0.4, 0.5) is 0 Å². The van der Waals surface area contributed by atoms with Crippen molar-refractivity contribution in [3.8, 4) is 0 Å². The molecule has 1 aliphatic rings. The Morgan fingerprint density at radius 1 is 1.16 bits per heavy atom. The largest absolute Gasteiger partial charge is 0.342 e. The van der Waals surface area contributed by atoms with Crippen LogP contribution >= 0.6 is 0 Å². The summed E-state index contributed by atoms with van der Waals surface area (Å²) in [5.74, 6) is 3.79. The van der Waals surface area contributed by atoms with E-state index in [0.717, 1.165) is 73.9 Å². The van der Waals surface area contributed by atoms with Gasteiger partial charge in [-0.05, 0) is 51.4 Å². The van der Waals surface area contributed by atoms with E-state index in [1.54, 1.807) is 0 Å². The normalized spacial score (nSPS) is 16.7. The van der Waals surface area contributed by atoms with Gasteiger partial charge in [0.05, 0.1) is 17.6 Å². The van der Waals surface area contributed by atoms with Gasteiger partial charge in [0.1, 0.15) is 17.5 Å². The maximum absolute atomic E-state index is 4.79. The Kier molecular flexibility index (Phi) is 4.53. The highest BCUT2D eigenvalue weighted by molar-refractivity contribution is 5.74. The van der Waals surface area contributed by atoms with Crippen molar-refractivity contribution >= 4 is 11.0 Å². The first kappa shape index (κ1) is 16.3. The Balaban J connectivity index is 1.40. The number of nitrogens with one attached hydrogen (secondary N) is 1. The van der Waals surface area contributed by atoms with Gasteiger partial charge in [-0.15, -0.1) is 10.2 Å². The minimum Gasteiger partial charge on any atom is -0.342 e. The molecule has 3 aromatic rings. The first-order valence-electron chi connectivity index (χ1n) is 9.30. The number of aromatic nitrogens is 5. The van der Waals surface area contributed by atoms with Crippen LogP contribution in [0.2, 0.25) is 0 Å². The van der Waals surface area contributed by atoms with Crippen molar-refractivity contribution in [2.75, 3.05) is 13.1 Å². The molecule has 1 aliphatic heterocycles. The van der Waals surface area contributed by atoms with Crippen LogP contribution in [0.3, 0.4) is 0 Å². The Bertz CT molecular complexity index is 808. The van der Waals surface area contributed by atoms with Crippen LogP contribution in [-0.2, 0) is 13.1 Å². The van der Waals surface area contributed by atoms with Crippen molar-refractivity contribution in [2.24, 2.45) is 0 Å². The van der Waals surface area contributed by atoms with Crippen molar-refractivity contribution in [3.63, 3.8) is 0 Å². The lowest BCUT2D eigenvalue weighted by atomic mass is 9.96. The molecule has 0 bridgehead atoms. The van der Waals surface area contributed by atoms with Crippen LogP contribution < -0.4 is 0 Å². The van der Waals surface area contributed by atoms with Gasteiger partial charge in [-0.1, -0.05) is 19.1 Å². The molecule has 6 nitrogen and oxygen atoms in total. The number of fused-ring (bicyclic) bond motifs is 1. The molecule has 2 aromatic heterocycles. The smallest absolute Gasteiger partial charge is 0.147 e. The van der Waals surface area contributed by atoms with Crippen LogP contribution in [0.1, 0.15) is 49.6 Å². The van der Waals surface area contributed by atoms with E-state index in [0.29, 0.717) is 5.92 Å². The molecule has 0 amide bonds. The number of rotatable bonds is 5. The molecule has 132 valence electrons. The summed E-state index contributed by atoms with van der Waals surface area (Å²) in [7, 11) is 0. The van der Waals surface area contributed by atoms with Crippen molar-refractivity contribution in [1.29, 1.82) is 0 Å². The fourth-order valence-corrected chi connectivity index (χ4v) is 3.79. The van der Waals surface area contributed by atoms with Gasteiger partial charge in [0.15, 0.2) is 0 Å². The van der Waals surface area contributed by atoms with Gasteiger partial charge in [0.2, 0.25) is 0 Å². The number of para-hydroxylation sites is 2. The standard InChI is InChI=1S/C19H26N6/c1-3-10-25-14(2)22-23-18(25)13-24-11-8-15(9-12-24)19-20-16-6-4-5-7-17(16)21-19/h4-7,15H,3,8-13H2,1-2H3,(H,20,21). The zero-order chi connectivity index (χ0) is 17.2. The van der Waals surface area contributed by atoms with Crippen molar-refractivity contribution < 1.29 is 0 Å². The summed E-state index contributed by atoms with van der Waals surface area (Å²) in [6.07, 6.45) is 3.39. The summed E-state index contributed by atoms with van der Waals surface area (Å²) in [6.45, 7) is 8.30. The molecular weight excluding hydrogens is 312 g/mol. The average Bonchev–Trinajstić information content (AvgIpc) is 3.21. The summed E-state index contributed by atoms with van der Waals surface area (Å²) in [6, 6.07) is 8.28. The van der Waals surface area contributed by atoms with E-state index in [4.69, 9.17) is 4.98 Å². The number of hydrogen-bond acceptors (Lipinski definition) is 4. The molecule has 25 heavy (non-hydrogen) atoms. The molecule has 0 unspecified atom stereocenters. The van der Waals surface area contributed by atoms with Gasteiger partial charge in [-0.25, -0.2) is 4.98 Å². The number of piperidine rings is 1. The first-order valence-corrected chi connectivity index (χ1v) is 9.30. The van der Waals surface area contributed by atoms with Gasteiger partial charge < -0.3 is 9.55 Å². The van der Waals surface area contributed by atoms with E-state index in [1.165, 1.54) is 0 Å². The zero-order valence-electron chi connectivity index (χ0n) is 15.1. The van der Waals surface area contributed by atoms with E-state index >= 15 is 0 Å². The monoisotopic (exact) mass is 338 g/mol. The van der Waals surface area contributed by atoms with E-state index in [9.17, 15) is 0 Å². The molecular formula is C19H26N6. The van der Waals surface area contributed by atoms with E-state index in [-0.39, 0.29) is 0 Å². The van der Waals surface area contributed by atoms with Crippen LogP contribution in [0, 0.1) is 6.92 Å². The quantitative estimate of drug-likeness (QED) is 0.776. The lowest BCUT2D eigenvalue weighted by molar-refractivity contribution is 0.195. The average molecular weight is 338 g/mol. The molecule has 0 radical (unpaired) electrons. The fraction of sp³-hybridized carbons (Fsp3) is 0.526. The molecule has 1 aromatic carbocycles. The number of likely N-dealkylation sites (tertiary alicyclic amines) is 1. The summed E-state index contributed by atoms with van der Waals surface area (Å²) < 4.78 is 2.26. The molecule has 4 rings (SSSR count). The highest BCUT2D eigenvalue weighted by atomic mass is 15.3. The third-order valence-corrected chi connectivity index (χ3v) is 5.21. The second-order valence-corrected chi connectivity index (χ2v) is 7.00. The summed E-state index contributed by atoms with van der Waals surface area (Å²) in [5.41, 5.74) is 2.21. The predicted molar refractivity (Wildman–Crippen MR) is 98.4 cm³/mol. The van der Waals surface area contributed by atoms with Crippen LogP contribution in [-0.4, -0.2) is 42.7 Å². The maximum atomic E-state index is 4.79. The molecule has 1 saturated heterocycles. The number of benzene rings is 1. The zero-order valence-corrected chi connectivity index (χ0v) is 15.1. The Hall–Kier alpha value is -2.21. The summed E-state index contributed by atoms with van der Waals surface area (Å²) >= 11 is 0. The number of aryl methyl sites for hydroxylation is 1. The lowest BCUT2D eigenvalue weighted by Crippen LogP contribution is -2.33. The van der Waals surface area contributed by atoms with E-state index in [2.05, 4.69) is 49.8 Å². The molecule has 0 atom stereocenters. The summed E-state index contributed by atoms with van der Waals surface area (Å²) in [5, 5.41) is 8.65. The third kappa shape index (κ3) is 3.31. The van der Waals surface area contributed by atoms with Gasteiger partial charge in [-0.2, -0.15) is 0 Å². The van der Waals surface area contributed by atoms with Gasteiger partial charge in [-0.3, -0.25) is 4.90 Å². The van der Waals surface area contributed by atoms with Crippen molar-refractivity contribution in [3.05, 3.63) is 41.7 Å². The second kappa shape index (κ2) is 6.96.